The number of anilines is 1. The molecule has 0 fully saturated rings. The molecular weight excluding hydrogens is 209 g/mol. The molecule has 1 aromatic rings. The molecule has 6 nitrogen and oxygen atoms in total. The van der Waals surface area contributed by atoms with E-state index in [0.29, 0.717) is 6.29 Å². The maximum Gasteiger partial charge on any atom is 0.524 e. The molecule has 76 valence electrons. The van der Waals surface area contributed by atoms with Crippen molar-refractivity contribution in [2.45, 2.75) is 0 Å². The van der Waals surface area contributed by atoms with Crippen molar-refractivity contribution in [1.82, 2.24) is 0 Å². The first-order valence-electron chi connectivity index (χ1n) is 3.52. The van der Waals surface area contributed by atoms with Crippen molar-refractivity contribution in [3.8, 4) is 5.75 Å². The lowest BCUT2D eigenvalue weighted by molar-refractivity contribution is 0.112. The molecule has 0 saturated heterocycles. The second-order valence-corrected chi connectivity index (χ2v) is 3.65. The average Bonchev–Trinajstić information content (AvgIpc) is 2.06. The molecule has 0 heterocycles. The molecule has 1 rings (SSSR count). The Labute approximate surface area is 79.5 Å². The summed E-state index contributed by atoms with van der Waals surface area (Å²) in [5.74, 6) is -0.102. The van der Waals surface area contributed by atoms with Gasteiger partial charge >= 0.3 is 7.82 Å². The van der Waals surface area contributed by atoms with Crippen molar-refractivity contribution in [1.29, 1.82) is 0 Å². The Morgan fingerprint density at radius 2 is 2.07 bits per heavy atom. The highest BCUT2D eigenvalue weighted by Gasteiger charge is 2.16. The first-order chi connectivity index (χ1) is 6.42. The molecule has 0 unspecified atom stereocenters. The number of benzene rings is 1. The molecule has 0 bridgehead atoms. The highest BCUT2D eigenvalue weighted by Crippen LogP contribution is 2.38. The van der Waals surface area contributed by atoms with Gasteiger partial charge in [-0.1, -0.05) is 0 Å². The van der Waals surface area contributed by atoms with Crippen LogP contribution in [0.15, 0.2) is 18.2 Å². The van der Waals surface area contributed by atoms with Crippen molar-refractivity contribution in [3.63, 3.8) is 0 Å². The summed E-state index contributed by atoms with van der Waals surface area (Å²) in [5.41, 5.74) is 5.72. The summed E-state index contributed by atoms with van der Waals surface area (Å²) in [6, 6.07) is 3.75. The first kappa shape index (κ1) is 10.7. The minimum Gasteiger partial charge on any atom is -0.404 e. The third-order valence-corrected chi connectivity index (χ3v) is 1.86. The predicted octanol–water partition coefficient (Wildman–Crippen LogP) is 0.553. The maximum atomic E-state index is 10.4. The summed E-state index contributed by atoms with van der Waals surface area (Å²) >= 11 is 0. The van der Waals surface area contributed by atoms with Crippen molar-refractivity contribution < 1.29 is 23.7 Å². The van der Waals surface area contributed by atoms with E-state index in [1.165, 1.54) is 12.1 Å². The summed E-state index contributed by atoms with van der Waals surface area (Å²) in [4.78, 5) is 27.4. The SMILES string of the molecule is Nc1ccc(OP(=O)(O)O)cc1C=O. The Morgan fingerprint density at radius 1 is 1.43 bits per heavy atom. The monoisotopic (exact) mass is 217 g/mol. The van der Waals surface area contributed by atoms with Crippen LogP contribution in [0.25, 0.3) is 0 Å². The lowest BCUT2D eigenvalue weighted by Gasteiger charge is -2.07. The molecule has 0 amide bonds. The van der Waals surface area contributed by atoms with E-state index in [9.17, 15) is 9.36 Å². The van der Waals surface area contributed by atoms with Gasteiger partial charge in [-0.15, -0.1) is 0 Å². The van der Waals surface area contributed by atoms with Crippen LogP contribution in [-0.4, -0.2) is 16.1 Å². The van der Waals surface area contributed by atoms with Gasteiger partial charge in [0.15, 0.2) is 6.29 Å². The van der Waals surface area contributed by atoms with Gasteiger partial charge in [0.25, 0.3) is 0 Å². The van der Waals surface area contributed by atoms with Gasteiger partial charge in [0.2, 0.25) is 0 Å². The van der Waals surface area contributed by atoms with E-state index in [4.69, 9.17) is 15.5 Å². The largest absolute Gasteiger partial charge is 0.524 e. The normalized spacial score (nSPS) is 11.0. The zero-order valence-corrected chi connectivity index (χ0v) is 7.85. The van der Waals surface area contributed by atoms with Crippen molar-refractivity contribution >= 4 is 19.8 Å². The molecule has 0 aliphatic carbocycles. The highest BCUT2D eigenvalue weighted by molar-refractivity contribution is 7.46. The van der Waals surface area contributed by atoms with Crippen LogP contribution in [-0.2, 0) is 4.57 Å². The maximum absolute atomic E-state index is 10.4. The van der Waals surface area contributed by atoms with E-state index in [1.807, 2.05) is 0 Å². The lowest BCUT2D eigenvalue weighted by Crippen LogP contribution is -1.95. The minimum atomic E-state index is -4.59. The summed E-state index contributed by atoms with van der Waals surface area (Å²) in [6.07, 6.45) is 0.474. The zero-order chi connectivity index (χ0) is 10.8. The minimum absolute atomic E-state index is 0.102. The van der Waals surface area contributed by atoms with Crippen molar-refractivity contribution in [2.24, 2.45) is 0 Å². The van der Waals surface area contributed by atoms with Crippen LogP contribution in [0.2, 0.25) is 0 Å². The van der Waals surface area contributed by atoms with E-state index < -0.39 is 7.82 Å². The number of carbonyl (C=O) groups excluding carboxylic acids is 1. The van der Waals surface area contributed by atoms with Gasteiger partial charge in [-0.3, -0.25) is 14.6 Å². The van der Waals surface area contributed by atoms with Crippen LogP contribution in [0.1, 0.15) is 10.4 Å². The van der Waals surface area contributed by atoms with Gasteiger partial charge in [0, 0.05) is 11.3 Å². The van der Waals surface area contributed by atoms with E-state index in [1.54, 1.807) is 0 Å². The molecule has 0 saturated carbocycles. The van der Waals surface area contributed by atoms with E-state index in [0.717, 1.165) is 6.07 Å². The summed E-state index contributed by atoms with van der Waals surface area (Å²) in [6.45, 7) is 0. The van der Waals surface area contributed by atoms with Gasteiger partial charge in [-0.25, -0.2) is 4.57 Å². The molecule has 0 aliphatic rings. The molecule has 7 heteroatoms. The van der Waals surface area contributed by atoms with Crippen molar-refractivity contribution in [3.05, 3.63) is 23.8 Å². The zero-order valence-electron chi connectivity index (χ0n) is 6.95. The molecule has 0 radical (unpaired) electrons. The second kappa shape index (κ2) is 3.79. The summed E-state index contributed by atoms with van der Waals surface area (Å²) in [7, 11) is -4.59. The number of aldehydes is 1. The first-order valence-corrected chi connectivity index (χ1v) is 5.05. The Kier molecular flexibility index (Phi) is 2.90. The number of rotatable bonds is 3. The van der Waals surface area contributed by atoms with Gasteiger partial charge in [0.1, 0.15) is 5.75 Å². The Morgan fingerprint density at radius 3 is 2.57 bits per heavy atom. The summed E-state index contributed by atoms with van der Waals surface area (Å²) in [5, 5.41) is 0. The fourth-order valence-electron chi connectivity index (χ4n) is 0.849. The van der Waals surface area contributed by atoms with Gasteiger partial charge in [-0.2, -0.15) is 0 Å². The number of carbonyl (C=O) groups is 1. The number of phosphoric ester groups is 1. The molecule has 4 N–H and O–H groups in total. The summed E-state index contributed by atoms with van der Waals surface area (Å²) < 4.78 is 14.7. The molecule has 0 aliphatic heterocycles. The molecule has 0 spiro atoms. The Balaban J connectivity index is 3.01. The van der Waals surface area contributed by atoms with E-state index >= 15 is 0 Å². The van der Waals surface area contributed by atoms with Crippen molar-refractivity contribution in [2.75, 3.05) is 5.73 Å². The molecule has 14 heavy (non-hydrogen) atoms. The second-order valence-electron chi connectivity index (χ2n) is 2.49. The van der Waals surface area contributed by atoms with Crippen LogP contribution in [0.3, 0.4) is 0 Å². The molecule has 0 aromatic heterocycles. The van der Waals surface area contributed by atoms with Gasteiger partial charge in [0.05, 0.1) is 0 Å². The molecule has 0 atom stereocenters. The van der Waals surface area contributed by atoms with Gasteiger partial charge < -0.3 is 10.3 Å². The quantitative estimate of drug-likeness (QED) is 0.387. The third-order valence-electron chi connectivity index (χ3n) is 1.41. The van der Waals surface area contributed by atoms with Gasteiger partial charge in [-0.05, 0) is 18.2 Å². The fourth-order valence-corrected chi connectivity index (χ4v) is 1.24. The van der Waals surface area contributed by atoms with Crippen LogP contribution in [0, 0.1) is 0 Å². The molecular formula is C7H8NO5P. The number of nitrogen functional groups attached to an aromatic ring is 1. The number of hydrogen-bond acceptors (Lipinski definition) is 4. The third kappa shape index (κ3) is 2.85. The van der Waals surface area contributed by atoms with E-state index in [2.05, 4.69) is 4.52 Å². The average molecular weight is 217 g/mol. The smallest absolute Gasteiger partial charge is 0.404 e. The predicted molar refractivity (Wildman–Crippen MR) is 48.9 cm³/mol. The highest BCUT2D eigenvalue weighted by atomic mass is 31.2. The van der Waals surface area contributed by atoms with Crippen LogP contribution < -0.4 is 10.3 Å². The standard InChI is InChI=1S/C7H8NO5P/c8-7-2-1-6(3-5(7)4-9)13-14(10,11)12/h1-4H,8H2,(H2,10,11,12). The number of nitrogens with two attached hydrogens (primary N) is 1. The topological polar surface area (TPSA) is 110 Å². The molecule has 1 aromatic carbocycles. The lowest BCUT2D eigenvalue weighted by atomic mass is 10.2. The Bertz CT molecular complexity index is 399. The number of hydrogen-bond donors (Lipinski definition) is 3. The van der Waals surface area contributed by atoms with E-state index in [-0.39, 0.29) is 17.0 Å². The van der Waals surface area contributed by atoms with Crippen LogP contribution in [0.4, 0.5) is 5.69 Å². The fraction of sp³-hybridized carbons (Fsp3) is 0. The Hall–Kier alpha value is -1.36. The number of phosphoric acid groups is 1. The van der Waals surface area contributed by atoms with Crippen LogP contribution in [0.5, 0.6) is 5.75 Å². The van der Waals surface area contributed by atoms with Crippen LogP contribution >= 0.6 is 7.82 Å².